The van der Waals surface area contributed by atoms with Crippen LogP contribution in [-0.2, 0) is 4.79 Å². The maximum Gasteiger partial charge on any atom is 0.251 e. The van der Waals surface area contributed by atoms with E-state index in [2.05, 4.69) is 5.32 Å². The molecule has 2 aromatic rings. The van der Waals surface area contributed by atoms with Crippen LogP contribution in [0.2, 0.25) is 0 Å². The fraction of sp³-hybridized carbons (Fsp3) is 0.333. The highest BCUT2D eigenvalue weighted by Gasteiger charge is 2.29. The number of hydrogen-bond donors (Lipinski definition) is 1. The number of rotatable bonds is 5. The Labute approximate surface area is 154 Å². The van der Waals surface area contributed by atoms with Gasteiger partial charge in [-0.15, -0.1) is 0 Å². The van der Waals surface area contributed by atoms with E-state index in [1.54, 1.807) is 19.2 Å². The SMILES string of the molecule is COc1ccc([C@H]2CCCN2C(=O)CNC(=O)c2ccc(C)cc2)cc1. The molecule has 1 fully saturated rings. The highest BCUT2D eigenvalue weighted by atomic mass is 16.5. The molecule has 136 valence electrons. The Morgan fingerprint density at radius 1 is 1.12 bits per heavy atom. The van der Waals surface area contributed by atoms with E-state index in [4.69, 9.17) is 4.74 Å². The van der Waals surface area contributed by atoms with Crippen molar-refractivity contribution in [2.75, 3.05) is 20.2 Å². The Morgan fingerprint density at radius 2 is 1.81 bits per heavy atom. The average molecular weight is 352 g/mol. The molecule has 1 N–H and O–H groups in total. The van der Waals surface area contributed by atoms with Crippen molar-refractivity contribution in [3.8, 4) is 5.75 Å². The van der Waals surface area contributed by atoms with E-state index in [1.165, 1.54) is 0 Å². The number of benzene rings is 2. The minimum Gasteiger partial charge on any atom is -0.497 e. The number of nitrogens with one attached hydrogen (secondary N) is 1. The van der Waals surface area contributed by atoms with Crippen LogP contribution in [-0.4, -0.2) is 36.9 Å². The molecule has 0 aromatic heterocycles. The van der Waals surface area contributed by atoms with Crippen molar-refractivity contribution < 1.29 is 14.3 Å². The number of carbonyl (C=O) groups excluding carboxylic acids is 2. The van der Waals surface area contributed by atoms with Gasteiger partial charge in [-0.3, -0.25) is 9.59 Å². The zero-order valence-corrected chi connectivity index (χ0v) is 15.2. The van der Waals surface area contributed by atoms with Crippen LogP contribution in [0.5, 0.6) is 5.75 Å². The molecule has 5 nitrogen and oxygen atoms in total. The number of carbonyl (C=O) groups is 2. The first-order valence-corrected chi connectivity index (χ1v) is 8.87. The van der Waals surface area contributed by atoms with Gasteiger partial charge in [-0.25, -0.2) is 0 Å². The van der Waals surface area contributed by atoms with Crippen LogP contribution in [0.3, 0.4) is 0 Å². The van der Waals surface area contributed by atoms with Gasteiger partial charge in [-0.1, -0.05) is 29.8 Å². The second-order valence-electron chi connectivity index (χ2n) is 6.57. The van der Waals surface area contributed by atoms with Crippen LogP contribution in [0.1, 0.15) is 40.4 Å². The van der Waals surface area contributed by atoms with Crippen LogP contribution in [0.25, 0.3) is 0 Å². The molecular formula is C21H24N2O3. The zero-order valence-electron chi connectivity index (χ0n) is 15.2. The molecule has 0 radical (unpaired) electrons. The molecule has 1 heterocycles. The topological polar surface area (TPSA) is 58.6 Å². The second-order valence-corrected chi connectivity index (χ2v) is 6.57. The van der Waals surface area contributed by atoms with Crippen molar-refractivity contribution in [1.82, 2.24) is 10.2 Å². The fourth-order valence-corrected chi connectivity index (χ4v) is 3.30. The first kappa shape index (κ1) is 18.0. The second kappa shape index (κ2) is 8.04. The summed E-state index contributed by atoms with van der Waals surface area (Å²) in [5, 5.41) is 2.74. The summed E-state index contributed by atoms with van der Waals surface area (Å²) in [6, 6.07) is 15.2. The van der Waals surface area contributed by atoms with Gasteiger partial charge < -0.3 is 15.0 Å². The number of methoxy groups -OCH3 is 1. The van der Waals surface area contributed by atoms with Gasteiger partial charge in [-0.05, 0) is 49.6 Å². The van der Waals surface area contributed by atoms with E-state index in [-0.39, 0.29) is 24.4 Å². The molecular weight excluding hydrogens is 328 g/mol. The molecule has 3 rings (SSSR count). The smallest absolute Gasteiger partial charge is 0.251 e. The molecule has 1 aliphatic heterocycles. The molecule has 2 amide bonds. The molecule has 0 aliphatic carbocycles. The Bertz CT molecular complexity index is 769. The third-order valence-corrected chi connectivity index (χ3v) is 4.79. The number of likely N-dealkylation sites (tertiary alicyclic amines) is 1. The largest absolute Gasteiger partial charge is 0.497 e. The van der Waals surface area contributed by atoms with Crippen molar-refractivity contribution >= 4 is 11.8 Å². The van der Waals surface area contributed by atoms with Crippen molar-refractivity contribution in [3.63, 3.8) is 0 Å². The molecule has 0 bridgehead atoms. The first-order valence-electron chi connectivity index (χ1n) is 8.87. The lowest BCUT2D eigenvalue weighted by atomic mass is 10.0. The predicted molar refractivity (Wildman–Crippen MR) is 100 cm³/mol. The summed E-state index contributed by atoms with van der Waals surface area (Å²) in [5.41, 5.74) is 2.76. The lowest BCUT2D eigenvalue weighted by Crippen LogP contribution is -2.39. The highest BCUT2D eigenvalue weighted by molar-refractivity contribution is 5.96. The molecule has 26 heavy (non-hydrogen) atoms. The van der Waals surface area contributed by atoms with E-state index in [0.717, 1.165) is 36.3 Å². The summed E-state index contributed by atoms with van der Waals surface area (Å²) in [5.74, 6) is 0.525. The Balaban J connectivity index is 1.61. The molecule has 0 spiro atoms. The zero-order chi connectivity index (χ0) is 18.5. The highest BCUT2D eigenvalue weighted by Crippen LogP contribution is 2.32. The summed E-state index contributed by atoms with van der Waals surface area (Å²) in [4.78, 5) is 26.7. The van der Waals surface area contributed by atoms with E-state index < -0.39 is 0 Å². The minimum absolute atomic E-state index is 0.0133. The summed E-state index contributed by atoms with van der Waals surface area (Å²) in [6.07, 6.45) is 1.90. The Morgan fingerprint density at radius 3 is 2.46 bits per heavy atom. The van der Waals surface area contributed by atoms with Gasteiger partial charge in [-0.2, -0.15) is 0 Å². The lowest BCUT2D eigenvalue weighted by Gasteiger charge is -2.25. The Hall–Kier alpha value is -2.82. The third-order valence-electron chi connectivity index (χ3n) is 4.79. The normalized spacial score (nSPS) is 16.4. The summed E-state index contributed by atoms with van der Waals surface area (Å²) in [6.45, 7) is 2.70. The summed E-state index contributed by atoms with van der Waals surface area (Å²) >= 11 is 0. The van der Waals surface area contributed by atoms with Crippen LogP contribution in [0, 0.1) is 6.92 Å². The van der Waals surface area contributed by atoms with Crippen molar-refractivity contribution in [2.24, 2.45) is 0 Å². The molecule has 1 aliphatic rings. The Kier molecular flexibility index (Phi) is 5.56. The fourth-order valence-electron chi connectivity index (χ4n) is 3.30. The van der Waals surface area contributed by atoms with Crippen LogP contribution in [0.4, 0.5) is 0 Å². The van der Waals surface area contributed by atoms with E-state index in [1.807, 2.05) is 48.2 Å². The molecule has 1 saturated heterocycles. The quantitative estimate of drug-likeness (QED) is 0.900. The molecule has 0 saturated carbocycles. The minimum atomic E-state index is -0.224. The van der Waals surface area contributed by atoms with E-state index in [0.29, 0.717) is 5.56 Å². The number of amides is 2. The molecule has 2 aromatic carbocycles. The van der Waals surface area contributed by atoms with Crippen LogP contribution in [0.15, 0.2) is 48.5 Å². The van der Waals surface area contributed by atoms with Gasteiger partial charge in [0.25, 0.3) is 5.91 Å². The number of ether oxygens (including phenoxy) is 1. The average Bonchev–Trinajstić information content (AvgIpc) is 3.16. The van der Waals surface area contributed by atoms with E-state index >= 15 is 0 Å². The standard InChI is InChI=1S/C21H24N2O3/c1-15-5-7-17(8-6-15)21(25)22-14-20(24)23-13-3-4-19(23)16-9-11-18(26-2)12-10-16/h5-12,19H,3-4,13-14H2,1-2H3,(H,22,25)/t19-/m1/s1. The van der Waals surface area contributed by atoms with Crippen molar-refractivity contribution in [2.45, 2.75) is 25.8 Å². The maximum atomic E-state index is 12.6. The third kappa shape index (κ3) is 4.04. The van der Waals surface area contributed by atoms with Gasteiger partial charge in [0.1, 0.15) is 5.75 Å². The lowest BCUT2D eigenvalue weighted by molar-refractivity contribution is -0.131. The maximum absolute atomic E-state index is 12.6. The molecule has 1 atom stereocenters. The van der Waals surface area contributed by atoms with Gasteiger partial charge >= 0.3 is 0 Å². The van der Waals surface area contributed by atoms with Gasteiger partial charge in [0.2, 0.25) is 5.91 Å². The number of nitrogens with zero attached hydrogens (tertiary/aromatic N) is 1. The van der Waals surface area contributed by atoms with Crippen LogP contribution < -0.4 is 10.1 Å². The van der Waals surface area contributed by atoms with Crippen LogP contribution >= 0.6 is 0 Å². The monoisotopic (exact) mass is 352 g/mol. The van der Waals surface area contributed by atoms with Gasteiger partial charge in [0, 0.05) is 12.1 Å². The molecule has 0 unspecified atom stereocenters. The first-order chi connectivity index (χ1) is 12.6. The predicted octanol–water partition coefficient (Wildman–Crippen LogP) is 3.10. The number of hydrogen-bond acceptors (Lipinski definition) is 3. The van der Waals surface area contributed by atoms with Crippen molar-refractivity contribution in [1.29, 1.82) is 0 Å². The van der Waals surface area contributed by atoms with E-state index in [9.17, 15) is 9.59 Å². The van der Waals surface area contributed by atoms with Crippen molar-refractivity contribution in [3.05, 3.63) is 65.2 Å². The van der Waals surface area contributed by atoms with Gasteiger partial charge in [0.15, 0.2) is 0 Å². The summed E-state index contributed by atoms with van der Waals surface area (Å²) in [7, 11) is 1.64. The number of aryl methyl sites for hydroxylation is 1. The molecule has 5 heteroatoms. The van der Waals surface area contributed by atoms with Gasteiger partial charge in [0.05, 0.1) is 19.7 Å². The summed E-state index contributed by atoms with van der Waals surface area (Å²) < 4.78 is 5.19.